The molecular weight excluding hydrogens is 248 g/mol. The fraction of sp³-hybridized carbons (Fsp3) is 0.588. The van der Waals surface area contributed by atoms with Crippen LogP contribution in [0.15, 0.2) is 24.3 Å². The van der Waals surface area contributed by atoms with E-state index in [9.17, 15) is 4.79 Å². The van der Waals surface area contributed by atoms with E-state index < -0.39 is 0 Å². The Balaban J connectivity index is 1.78. The molecule has 0 aliphatic heterocycles. The van der Waals surface area contributed by atoms with Gasteiger partial charge in [0.2, 0.25) is 5.91 Å². The third-order valence-corrected chi connectivity index (χ3v) is 4.38. The molecule has 0 radical (unpaired) electrons. The molecule has 20 heavy (non-hydrogen) atoms. The Hall–Kier alpha value is -1.35. The number of hydrogen-bond donors (Lipinski definition) is 2. The first-order chi connectivity index (χ1) is 9.69. The van der Waals surface area contributed by atoms with E-state index >= 15 is 0 Å². The van der Waals surface area contributed by atoms with Gasteiger partial charge in [0.05, 0.1) is 0 Å². The molecular formula is C17H26N2O. The molecule has 3 heteroatoms. The molecule has 1 aromatic carbocycles. The maximum absolute atomic E-state index is 11.9. The smallest absolute Gasteiger partial charge is 0.224 e. The highest BCUT2D eigenvalue weighted by molar-refractivity contribution is 5.90. The van der Waals surface area contributed by atoms with Gasteiger partial charge in [-0.1, -0.05) is 37.8 Å². The Morgan fingerprint density at radius 3 is 2.50 bits per heavy atom. The first kappa shape index (κ1) is 15.0. The van der Waals surface area contributed by atoms with Crippen LogP contribution in [0.25, 0.3) is 0 Å². The van der Waals surface area contributed by atoms with Gasteiger partial charge in [-0.3, -0.25) is 4.79 Å². The summed E-state index contributed by atoms with van der Waals surface area (Å²) in [6.07, 6.45) is 7.00. The second-order valence-electron chi connectivity index (χ2n) is 5.87. The van der Waals surface area contributed by atoms with Crippen LogP contribution in [-0.4, -0.2) is 13.0 Å². The van der Waals surface area contributed by atoms with Crippen LogP contribution in [0.1, 0.15) is 57.1 Å². The van der Waals surface area contributed by atoms with E-state index in [1.807, 2.05) is 19.2 Å². The minimum atomic E-state index is 0.145. The zero-order valence-corrected chi connectivity index (χ0v) is 12.6. The maximum Gasteiger partial charge on any atom is 0.224 e. The van der Waals surface area contributed by atoms with Crippen LogP contribution in [0.3, 0.4) is 0 Å². The number of anilines is 1. The number of amides is 1. The molecule has 0 aromatic heterocycles. The highest BCUT2D eigenvalue weighted by Gasteiger charge is 2.16. The van der Waals surface area contributed by atoms with E-state index in [2.05, 4.69) is 29.7 Å². The van der Waals surface area contributed by atoms with Crippen molar-refractivity contribution < 1.29 is 4.79 Å². The molecule has 1 saturated carbocycles. The molecule has 0 saturated heterocycles. The van der Waals surface area contributed by atoms with E-state index in [0.29, 0.717) is 12.5 Å². The summed E-state index contributed by atoms with van der Waals surface area (Å²) < 4.78 is 0. The fourth-order valence-corrected chi connectivity index (χ4v) is 2.88. The summed E-state index contributed by atoms with van der Waals surface area (Å²) in [4.78, 5) is 11.9. The first-order valence-electron chi connectivity index (χ1n) is 7.76. The zero-order chi connectivity index (χ0) is 14.4. The summed E-state index contributed by atoms with van der Waals surface area (Å²) in [6.45, 7) is 2.12. The quantitative estimate of drug-likeness (QED) is 0.826. The van der Waals surface area contributed by atoms with Crippen molar-refractivity contribution in [3.05, 3.63) is 29.8 Å². The van der Waals surface area contributed by atoms with Gasteiger partial charge in [0.1, 0.15) is 0 Å². The molecule has 1 aliphatic rings. The molecule has 0 heterocycles. The highest BCUT2D eigenvalue weighted by atomic mass is 16.1. The van der Waals surface area contributed by atoms with Gasteiger partial charge in [0.15, 0.2) is 0 Å². The number of rotatable bonds is 6. The molecule has 0 bridgehead atoms. The summed E-state index contributed by atoms with van der Waals surface area (Å²) >= 11 is 0. The molecule has 1 atom stereocenters. The second-order valence-corrected chi connectivity index (χ2v) is 5.87. The van der Waals surface area contributed by atoms with Crippen molar-refractivity contribution in [3.63, 3.8) is 0 Å². The summed E-state index contributed by atoms with van der Waals surface area (Å²) in [6, 6.07) is 8.43. The van der Waals surface area contributed by atoms with Crippen LogP contribution >= 0.6 is 0 Å². The average Bonchev–Trinajstić information content (AvgIpc) is 2.98. The van der Waals surface area contributed by atoms with Gasteiger partial charge in [-0.25, -0.2) is 0 Å². The predicted octanol–water partition coefficient (Wildman–Crippen LogP) is 3.88. The van der Waals surface area contributed by atoms with Gasteiger partial charge in [0, 0.05) is 18.2 Å². The number of carbonyl (C=O) groups excluding carboxylic acids is 1. The lowest BCUT2D eigenvalue weighted by Crippen LogP contribution is -2.14. The highest BCUT2D eigenvalue weighted by Crippen LogP contribution is 2.28. The minimum absolute atomic E-state index is 0.145. The molecule has 110 valence electrons. The topological polar surface area (TPSA) is 41.1 Å². The molecule has 1 unspecified atom stereocenters. The van der Waals surface area contributed by atoms with Crippen molar-refractivity contribution in [2.75, 3.05) is 12.4 Å². The van der Waals surface area contributed by atoms with E-state index in [-0.39, 0.29) is 5.91 Å². The number of carbonyl (C=O) groups is 1. The van der Waals surface area contributed by atoms with Crippen molar-refractivity contribution in [2.45, 2.75) is 51.5 Å². The van der Waals surface area contributed by atoms with Crippen molar-refractivity contribution in [3.8, 4) is 0 Å². The van der Waals surface area contributed by atoms with Crippen molar-refractivity contribution in [1.29, 1.82) is 0 Å². The maximum atomic E-state index is 11.9. The fourth-order valence-electron chi connectivity index (χ4n) is 2.88. The van der Waals surface area contributed by atoms with Gasteiger partial charge in [-0.2, -0.15) is 0 Å². The lowest BCUT2D eigenvalue weighted by atomic mass is 10.0. The van der Waals surface area contributed by atoms with Crippen molar-refractivity contribution in [2.24, 2.45) is 5.92 Å². The van der Waals surface area contributed by atoms with Crippen LogP contribution in [-0.2, 0) is 4.79 Å². The van der Waals surface area contributed by atoms with Crippen molar-refractivity contribution >= 4 is 11.6 Å². The van der Waals surface area contributed by atoms with E-state index in [1.54, 1.807) is 0 Å². The Labute approximate surface area is 122 Å². The first-order valence-corrected chi connectivity index (χ1v) is 7.76. The van der Waals surface area contributed by atoms with Crippen LogP contribution < -0.4 is 10.6 Å². The molecule has 1 amide bonds. The summed E-state index contributed by atoms with van der Waals surface area (Å²) in [5.41, 5.74) is 2.13. The molecule has 2 N–H and O–H groups in total. The monoisotopic (exact) mass is 274 g/mol. The van der Waals surface area contributed by atoms with Crippen LogP contribution in [0, 0.1) is 5.92 Å². The van der Waals surface area contributed by atoms with E-state index in [1.165, 1.54) is 31.2 Å². The Kier molecular flexibility index (Phi) is 5.60. The van der Waals surface area contributed by atoms with Crippen LogP contribution in [0.2, 0.25) is 0 Å². The standard InChI is InChI=1S/C17H26N2O/c1-13(18-2)15-8-10-16(11-9-15)19-17(20)12-7-14-5-3-4-6-14/h8-11,13-14,18H,3-7,12H2,1-2H3,(H,19,20). The van der Waals surface area contributed by atoms with Gasteiger partial charge >= 0.3 is 0 Å². The summed E-state index contributed by atoms with van der Waals surface area (Å²) in [5, 5.41) is 6.20. The van der Waals surface area contributed by atoms with Crippen LogP contribution in [0.5, 0.6) is 0 Å². The number of hydrogen-bond acceptors (Lipinski definition) is 2. The molecule has 1 aliphatic carbocycles. The lowest BCUT2D eigenvalue weighted by molar-refractivity contribution is -0.116. The Bertz CT molecular complexity index is 421. The molecule has 0 spiro atoms. The molecule has 3 nitrogen and oxygen atoms in total. The van der Waals surface area contributed by atoms with Gasteiger partial charge in [0.25, 0.3) is 0 Å². The summed E-state index contributed by atoms with van der Waals surface area (Å²) in [7, 11) is 1.95. The molecule has 1 aromatic rings. The third kappa shape index (κ3) is 4.34. The van der Waals surface area contributed by atoms with Gasteiger partial charge < -0.3 is 10.6 Å². The van der Waals surface area contributed by atoms with Gasteiger partial charge in [-0.15, -0.1) is 0 Å². The number of nitrogens with one attached hydrogen (secondary N) is 2. The van der Waals surface area contributed by atoms with Crippen LogP contribution in [0.4, 0.5) is 5.69 Å². The molecule has 2 rings (SSSR count). The minimum Gasteiger partial charge on any atom is -0.326 e. The van der Waals surface area contributed by atoms with Gasteiger partial charge in [-0.05, 0) is 44.0 Å². The third-order valence-electron chi connectivity index (χ3n) is 4.38. The Morgan fingerprint density at radius 1 is 1.25 bits per heavy atom. The Morgan fingerprint density at radius 2 is 1.90 bits per heavy atom. The molecule has 1 fully saturated rings. The zero-order valence-electron chi connectivity index (χ0n) is 12.6. The summed E-state index contributed by atoms with van der Waals surface area (Å²) in [5.74, 6) is 0.922. The lowest BCUT2D eigenvalue weighted by Gasteiger charge is -2.12. The van der Waals surface area contributed by atoms with E-state index in [0.717, 1.165) is 18.0 Å². The van der Waals surface area contributed by atoms with E-state index in [4.69, 9.17) is 0 Å². The SMILES string of the molecule is CNC(C)c1ccc(NC(=O)CCC2CCCC2)cc1. The average molecular weight is 274 g/mol. The second kappa shape index (κ2) is 7.44. The predicted molar refractivity (Wildman–Crippen MR) is 83.7 cm³/mol. The van der Waals surface area contributed by atoms with Crippen molar-refractivity contribution in [1.82, 2.24) is 5.32 Å². The largest absolute Gasteiger partial charge is 0.326 e. The normalized spacial score (nSPS) is 17.1. The number of benzene rings is 1.